The summed E-state index contributed by atoms with van der Waals surface area (Å²) in [4.78, 5) is 13.3. The Bertz CT molecular complexity index is 308. The van der Waals surface area contributed by atoms with E-state index in [1.807, 2.05) is 0 Å². The first-order valence-corrected chi connectivity index (χ1v) is 12.1. The molecule has 0 aromatic heterocycles. The molecule has 3 nitrogen and oxygen atoms in total. The van der Waals surface area contributed by atoms with Gasteiger partial charge in [0.2, 0.25) is 0 Å². The monoisotopic (exact) mass is 421 g/mol. The minimum atomic E-state index is -0.909. The van der Waals surface area contributed by atoms with E-state index >= 15 is 0 Å². The van der Waals surface area contributed by atoms with Gasteiger partial charge in [0.1, 0.15) is 0 Å². The zero-order valence-corrected chi connectivity index (χ0v) is 22.9. The van der Waals surface area contributed by atoms with Crippen LogP contribution < -0.4 is 56.5 Å². The first kappa shape index (κ1) is 31.3. The average Bonchev–Trinajstić information content (AvgIpc) is 2.64. The molecular weight excluding hydrogens is 373 g/mol. The van der Waals surface area contributed by atoms with Gasteiger partial charge in [-0.2, -0.15) is 0 Å². The van der Waals surface area contributed by atoms with E-state index < -0.39 is 5.97 Å². The fourth-order valence-electron chi connectivity index (χ4n) is 3.82. The molecule has 0 amide bonds. The van der Waals surface area contributed by atoms with Gasteiger partial charge in [-0.3, -0.25) is 0 Å². The standard InChI is InChI=1S/C24H49NO2.K/c1-4-6-8-10-12-14-16-21-25(23(3)19-18-20-24(26)27)22-17-15-13-11-9-7-5-2;/h23H,4-22H2,1-3H3,(H,26,27);/q;+1/p-1. The van der Waals surface area contributed by atoms with Crippen LogP contribution in [0.2, 0.25) is 0 Å². The number of hydrogen-bond donors (Lipinski definition) is 0. The van der Waals surface area contributed by atoms with Crippen LogP contribution in [0.3, 0.4) is 0 Å². The fourth-order valence-corrected chi connectivity index (χ4v) is 3.82. The summed E-state index contributed by atoms with van der Waals surface area (Å²) in [7, 11) is 0. The molecule has 0 aromatic carbocycles. The Balaban J connectivity index is 0. The van der Waals surface area contributed by atoms with E-state index in [9.17, 15) is 9.90 Å². The third-order valence-electron chi connectivity index (χ3n) is 5.72. The van der Waals surface area contributed by atoms with Gasteiger partial charge in [0, 0.05) is 12.0 Å². The van der Waals surface area contributed by atoms with Crippen molar-refractivity contribution in [2.24, 2.45) is 0 Å². The second-order valence-corrected chi connectivity index (χ2v) is 8.39. The normalized spacial score (nSPS) is 12.1. The van der Waals surface area contributed by atoms with Crippen LogP contribution in [0.4, 0.5) is 0 Å². The van der Waals surface area contributed by atoms with Crippen LogP contribution in [0.1, 0.15) is 130 Å². The summed E-state index contributed by atoms with van der Waals surface area (Å²) in [6, 6.07) is 0.490. The van der Waals surface area contributed by atoms with E-state index in [0.29, 0.717) is 6.04 Å². The van der Waals surface area contributed by atoms with Gasteiger partial charge in [-0.1, -0.05) is 90.9 Å². The van der Waals surface area contributed by atoms with E-state index in [-0.39, 0.29) is 57.8 Å². The smallest absolute Gasteiger partial charge is 0.550 e. The molecule has 0 aliphatic carbocycles. The van der Waals surface area contributed by atoms with Crippen LogP contribution in [0, 0.1) is 0 Å². The number of carboxylic acid groups (broad SMARTS) is 1. The van der Waals surface area contributed by atoms with Crippen molar-refractivity contribution in [2.75, 3.05) is 13.1 Å². The SMILES string of the molecule is CCCCCCCCCN(CCCCCCCCC)C(C)CCCC(=O)[O-].[K+]. The molecule has 0 N–H and O–H groups in total. The number of carbonyl (C=O) groups excluding carboxylic acids is 1. The summed E-state index contributed by atoms with van der Waals surface area (Å²) < 4.78 is 0. The Hall–Kier alpha value is 1.07. The van der Waals surface area contributed by atoms with E-state index in [1.165, 1.54) is 103 Å². The minimum absolute atomic E-state index is 0. The van der Waals surface area contributed by atoms with E-state index in [2.05, 4.69) is 25.7 Å². The molecule has 0 heterocycles. The Morgan fingerprint density at radius 3 is 1.50 bits per heavy atom. The summed E-state index contributed by atoms with van der Waals surface area (Å²) in [6.07, 6.45) is 20.8. The van der Waals surface area contributed by atoms with Crippen molar-refractivity contribution >= 4 is 5.97 Å². The number of hydrogen-bond acceptors (Lipinski definition) is 3. The quantitative estimate of drug-likeness (QED) is 0.211. The van der Waals surface area contributed by atoms with Gasteiger partial charge in [-0.05, 0) is 52.1 Å². The summed E-state index contributed by atoms with van der Waals surface area (Å²) >= 11 is 0. The maximum atomic E-state index is 10.7. The molecule has 0 saturated carbocycles. The Morgan fingerprint density at radius 1 is 0.714 bits per heavy atom. The third-order valence-corrected chi connectivity index (χ3v) is 5.72. The molecule has 4 heteroatoms. The van der Waals surface area contributed by atoms with E-state index in [1.54, 1.807) is 0 Å². The molecule has 0 spiro atoms. The average molecular weight is 422 g/mol. The summed E-state index contributed by atoms with van der Waals surface area (Å²) in [5, 5.41) is 10.7. The van der Waals surface area contributed by atoms with Crippen molar-refractivity contribution in [1.29, 1.82) is 0 Å². The maximum absolute atomic E-state index is 10.7. The molecule has 0 aliphatic heterocycles. The second-order valence-electron chi connectivity index (χ2n) is 8.39. The number of carbonyl (C=O) groups is 1. The Labute approximate surface area is 219 Å². The van der Waals surface area contributed by atoms with Crippen LogP contribution in [0.25, 0.3) is 0 Å². The van der Waals surface area contributed by atoms with Gasteiger partial charge in [0.15, 0.2) is 0 Å². The number of rotatable bonds is 21. The molecule has 0 aliphatic rings. The van der Waals surface area contributed by atoms with Crippen molar-refractivity contribution in [1.82, 2.24) is 4.90 Å². The molecule has 28 heavy (non-hydrogen) atoms. The zero-order chi connectivity index (χ0) is 20.2. The Morgan fingerprint density at radius 2 is 1.11 bits per heavy atom. The van der Waals surface area contributed by atoms with Crippen LogP contribution in [-0.2, 0) is 4.79 Å². The van der Waals surface area contributed by atoms with Gasteiger partial charge in [-0.15, -0.1) is 0 Å². The number of unbranched alkanes of at least 4 members (excludes halogenated alkanes) is 12. The molecule has 0 bridgehead atoms. The molecule has 0 radical (unpaired) electrons. The van der Waals surface area contributed by atoms with Crippen LogP contribution >= 0.6 is 0 Å². The predicted molar refractivity (Wildman–Crippen MR) is 116 cm³/mol. The molecule has 0 saturated heterocycles. The van der Waals surface area contributed by atoms with Gasteiger partial charge < -0.3 is 14.8 Å². The van der Waals surface area contributed by atoms with Crippen LogP contribution in [0.15, 0.2) is 0 Å². The first-order chi connectivity index (χ1) is 13.1. The molecular formula is C24H48KNO2. The maximum Gasteiger partial charge on any atom is 1.00 e. The summed E-state index contributed by atoms with van der Waals surface area (Å²) in [6.45, 7) is 9.16. The molecule has 1 unspecified atom stereocenters. The van der Waals surface area contributed by atoms with Gasteiger partial charge in [0.05, 0.1) is 0 Å². The van der Waals surface area contributed by atoms with E-state index in [0.717, 1.165) is 12.8 Å². The number of nitrogens with zero attached hydrogens (tertiary/aromatic N) is 1. The molecule has 0 rings (SSSR count). The largest absolute Gasteiger partial charge is 1.00 e. The molecule has 1 atom stereocenters. The third kappa shape index (κ3) is 21.8. The van der Waals surface area contributed by atoms with Crippen molar-refractivity contribution in [3.63, 3.8) is 0 Å². The number of carboxylic acids is 1. The first-order valence-electron chi connectivity index (χ1n) is 12.1. The fraction of sp³-hybridized carbons (Fsp3) is 0.958. The summed E-state index contributed by atoms with van der Waals surface area (Å²) in [5.41, 5.74) is 0. The zero-order valence-electron chi connectivity index (χ0n) is 19.8. The molecule has 0 aromatic rings. The van der Waals surface area contributed by atoms with Gasteiger partial charge >= 0.3 is 51.4 Å². The topological polar surface area (TPSA) is 43.4 Å². The van der Waals surface area contributed by atoms with Gasteiger partial charge in [0.25, 0.3) is 0 Å². The van der Waals surface area contributed by atoms with Gasteiger partial charge in [-0.25, -0.2) is 0 Å². The van der Waals surface area contributed by atoms with Crippen molar-refractivity contribution in [3.8, 4) is 0 Å². The predicted octanol–water partition coefficient (Wildman–Crippen LogP) is 3.10. The molecule has 162 valence electrons. The van der Waals surface area contributed by atoms with Crippen LogP contribution in [-0.4, -0.2) is 30.0 Å². The van der Waals surface area contributed by atoms with E-state index in [4.69, 9.17) is 0 Å². The van der Waals surface area contributed by atoms with Crippen molar-refractivity contribution in [2.45, 2.75) is 136 Å². The van der Waals surface area contributed by atoms with Crippen LogP contribution in [0.5, 0.6) is 0 Å². The van der Waals surface area contributed by atoms with Crippen molar-refractivity contribution < 1.29 is 61.3 Å². The molecule has 0 fully saturated rings. The van der Waals surface area contributed by atoms with Crippen molar-refractivity contribution in [3.05, 3.63) is 0 Å². The minimum Gasteiger partial charge on any atom is -0.550 e. The number of aliphatic carboxylic acids is 1. The summed E-state index contributed by atoms with van der Waals surface area (Å²) in [5.74, 6) is -0.909. The second kappa shape index (κ2) is 24.3. The Kier molecular flexibility index (Phi) is 27.2.